The number of methoxy groups -OCH3 is 1. The fourth-order valence-electron chi connectivity index (χ4n) is 1.78. The summed E-state index contributed by atoms with van der Waals surface area (Å²) in [6.45, 7) is 1.94. The van der Waals surface area contributed by atoms with Crippen molar-refractivity contribution in [3.05, 3.63) is 28.3 Å². The van der Waals surface area contributed by atoms with Gasteiger partial charge in [-0.2, -0.15) is 5.26 Å². The number of halogens is 1. The number of aryl methyl sites for hydroxylation is 1. The predicted molar refractivity (Wildman–Crippen MR) is 69.4 cm³/mol. The highest BCUT2D eigenvalue weighted by Crippen LogP contribution is 2.32. The van der Waals surface area contributed by atoms with Crippen LogP contribution < -0.4 is 10.1 Å². The number of ether oxygens (including phenoxy) is 1. The molecule has 92 valence electrons. The van der Waals surface area contributed by atoms with Crippen LogP contribution in [0, 0.1) is 18.3 Å². The Hall–Kier alpha value is -1.24. The topological polar surface area (TPSA) is 45.0 Å². The monoisotopic (exact) mass is 252 g/mol. The normalized spacial score (nSPS) is 11.9. The van der Waals surface area contributed by atoms with Crippen molar-refractivity contribution < 1.29 is 4.74 Å². The molecule has 17 heavy (non-hydrogen) atoms. The number of rotatable bonds is 5. The molecule has 0 aliphatic heterocycles. The molecule has 0 aromatic heterocycles. The fourth-order valence-corrected chi connectivity index (χ4v) is 1.96. The molecule has 0 aliphatic rings. The van der Waals surface area contributed by atoms with Gasteiger partial charge in [-0.05, 0) is 38.1 Å². The van der Waals surface area contributed by atoms with E-state index >= 15 is 0 Å². The Bertz CT molecular complexity index is 426. The Balaban J connectivity index is 3.09. The van der Waals surface area contributed by atoms with E-state index in [9.17, 15) is 0 Å². The van der Waals surface area contributed by atoms with E-state index in [-0.39, 0.29) is 6.04 Å². The highest BCUT2D eigenvalue weighted by atomic mass is 35.5. The first-order valence-corrected chi connectivity index (χ1v) is 5.90. The van der Waals surface area contributed by atoms with Crippen LogP contribution in [0.3, 0.4) is 0 Å². The number of hydrogen-bond acceptors (Lipinski definition) is 3. The van der Waals surface area contributed by atoms with Crippen molar-refractivity contribution >= 4 is 11.6 Å². The van der Waals surface area contributed by atoms with Crippen LogP contribution in [0.5, 0.6) is 5.75 Å². The van der Waals surface area contributed by atoms with Crippen molar-refractivity contribution in [2.24, 2.45) is 0 Å². The van der Waals surface area contributed by atoms with Crippen LogP contribution in [0.25, 0.3) is 0 Å². The summed E-state index contributed by atoms with van der Waals surface area (Å²) in [6, 6.07) is 6.07. The van der Waals surface area contributed by atoms with Gasteiger partial charge in [-0.3, -0.25) is 0 Å². The molecule has 0 saturated heterocycles. The second kappa shape index (κ2) is 6.48. The average Bonchev–Trinajstić information content (AvgIpc) is 2.34. The van der Waals surface area contributed by atoms with Gasteiger partial charge in [0, 0.05) is 23.0 Å². The Morgan fingerprint density at radius 1 is 1.53 bits per heavy atom. The lowest BCUT2D eigenvalue weighted by molar-refractivity contribution is 0.399. The van der Waals surface area contributed by atoms with E-state index < -0.39 is 0 Å². The van der Waals surface area contributed by atoms with Crippen molar-refractivity contribution in [3.63, 3.8) is 0 Å². The molecule has 0 saturated carbocycles. The number of hydrogen-bond donors (Lipinski definition) is 1. The van der Waals surface area contributed by atoms with Gasteiger partial charge < -0.3 is 10.1 Å². The lowest BCUT2D eigenvalue weighted by Crippen LogP contribution is -2.17. The third-order valence-corrected chi connectivity index (χ3v) is 3.19. The van der Waals surface area contributed by atoms with E-state index in [0.29, 0.717) is 6.42 Å². The maximum absolute atomic E-state index is 8.65. The highest BCUT2D eigenvalue weighted by Gasteiger charge is 2.15. The molecule has 0 amide bonds. The van der Waals surface area contributed by atoms with Crippen molar-refractivity contribution in [1.82, 2.24) is 5.32 Å². The molecule has 1 N–H and O–H groups in total. The second-order valence-electron chi connectivity index (χ2n) is 3.88. The van der Waals surface area contributed by atoms with E-state index in [1.54, 1.807) is 7.11 Å². The molecule has 1 unspecified atom stereocenters. The summed E-state index contributed by atoms with van der Waals surface area (Å²) < 4.78 is 5.36. The Labute approximate surface area is 107 Å². The van der Waals surface area contributed by atoms with Crippen molar-refractivity contribution in [1.29, 1.82) is 5.26 Å². The van der Waals surface area contributed by atoms with Crippen LogP contribution in [0.1, 0.15) is 30.0 Å². The molecular formula is C13H17ClN2O. The molecule has 0 bridgehead atoms. The zero-order chi connectivity index (χ0) is 12.8. The molecule has 4 heteroatoms. The van der Waals surface area contributed by atoms with Crippen LogP contribution in [0.4, 0.5) is 0 Å². The summed E-state index contributed by atoms with van der Waals surface area (Å²) in [4.78, 5) is 0. The van der Waals surface area contributed by atoms with Gasteiger partial charge >= 0.3 is 0 Å². The summed E-state index contributed by atoms with van der Waals surface area (Å²) in [6.07, 6.45) is 1.24. The van der Waals surface area contributed by atoms with E-state index in [2.05, 4.69) is 11.4 Å². The van der Waals surface area contributed by atoms with Gasteiger partial charge in [0.25, 0.3) is 0 Å². The smallest absolute Gasteiger partial charge is 0.124 e. The van der Waals surface area contributed by atoms with Crippen molar-refractivity contribution in [2.45, 2.75) is 25.8 Å². The van der Waals surface area contributed by atoms with Crippen molar-refractivity contribution in [3.8, 4) is 11.8 Å². The Kier molecular flexibility index (Phi) is 5.27. The summed E-state index contributed by atoms with van der Waals surface area (Å²) in [7, 11) is 3.51. The lowest BCUT2D eigenvalue weighted by Gasteiger charge is -2.19. The molecule has 1 aromatic carbocycles. The van der Waals surface area contributed by atoms with Gasteiger partial charge in [0.2, 0.25) is 0 Å². The molecular weight excluding hydrogens is 236 g/mol. The summed E-state index contributed by atoms with van der Waals surface area (Å²) in [5.41, 5.74) is 1.99. The maximum atomic E-state index is 8.65. The highest BCUT2D eigenvalue weighted by molar-refractivity contribution is 6.31. The zero-order valence-electron chi connectivity index (χ0n) is 10.4. The molecule has 1 aromatic rings. The lowest BCUT2D eigenvalue weighted by atomic mass is 10.00. The van der Waals surface area contributed by atoms with Gasteiger partial charge in [-0.15, -0.1) is 0 Å². The second-order valence-corrected chi connectivity index (χ2v) is 4.29. The molecule has 3 nitrogen and oxygen atoms in total. The molecule has 0 fully saturated rings. The minimum absolute atomic E-state index is 0.0858. The van der Waals surface area contributed by atoms with Gasteiger partial charge in [0.05, 0.1) is 13.2 Å². The number of nitriles is 1. The molecule has 0 aliphatic carbocycles. The fraction of sp³-hybridized carbons (Fsp3) is 0.462. The first-order chi connectivity index (χ1) is 8.13. The van der Waals surface area contributed by atoms with Crippen molar-refractivity contribution in [2.75, 3.05) is 14.2 Å². The van der Waals surface area contributed by atoms with Crippen LogP contribution >= 0.6 is 11.6 Å². The van der Waals surface area contributed by atoms with E-state index in [1.807, 2.05) is 26.1 Å². The quantitative estimate of drug-likeness (QED) is 0.875. The SMILES string of the molecule is CNC(CCC#N)c1cc(Cl)c(C)cc1OC. The van der Waals surface area contributed by atoms with E-state index in [0.717, 1.165) is 28.3 Å². The van der Waals surface area contributed by atoms with Gasteiger partial charge in [0.1, 0.15) is 5.75 Å². The van der Waals surface area contributed by atoms with Crippen LogP contribution in [0.15, 0.2) is 12.1 Å². The first-order valence-electron chi connectivity index (χ1n) is 5.52. The van der Waals surface area contributed by atoms with E-state index in [4.69, 9.17) is 21.6 Å². The van der Waals surface area contributed by atoms with E-state index in [1.165, 1.54) is 0 Å². The maximum Gasteiger partial charge on any atom is 0.124 e. The third-order valence-electron chi connectivity index (χ3n) is 2.78. The number of nitrogens with one attached hydrogen (secondary N) is 1. The summed E-state index contributed by atoms with van der Waals surface area (Å²) in [5, 5.41) is 12.6. The predicted octanol–water partition coefficient (Wildman–Crippen LogP) is 3.22. The molecule has 0 radical (unpaired) electrons. The largest absolute Gasteiger partial charge is 0.496 e. The van der Waals surface area contributed by atoms with Gasteiger partial charge in [-0.25, -0.2) is 0 Å². The third kappa shape index (κ3) is 3.36. The summed E-state index contributed by atoms with van der Waals surface area (Å²) >= 11 is 6.13. The number of benzene rings is 1. The standard InChI is InChI=1S/C13H17ClN2O/c1-9-7-13(17-3)10(8-11(9)14)12(16-2)5-4-6-15/h7-8,12,16H,4-5H2,1-3H3. The molecule has 0 spiro atoms. The van der Waals surface area contributed by atoms with Crippen LogP contribution in [-0.4, -0.2) is 14.2 Å². The Morgan fingerprint density at radius 2 is 2.24 bits per heavy atom. The Morgan fingerprint density at radius 3 is 2.76 bits per heavy atom. The van der Waals surface area contributed by atoms with Crippen LogP contribution in [0.2, 0.25) is 5.02 Å². The zero-order valence-corrected chi connectivity index (χ0v) is 11.1. The average molecular weight is 253 g/mol. The van der Waals surface area contributed by atoms with Crippen LogP contribution in [-0.2, 0) is 0 Å². The first kappa shape index (κ1) is 13.8. The number of nitrogens with zero attached hydrogens (tertiary/aromatic N) is 1. The minimum Gasteiger partial charge on any atom is -0.496 e. The van der Waals surface area contributed by atoms with Gasteiger partial charge in [0.15, 0.2) is 0 Å². The summed E-state index contributed by atoms with van der Waals surface area (Å²) in [5.74, 6) is 0.809. The van der Waals surface area contributed by atoms with Gasteiger partial charge in [-0.1, -0.05) is 11.6 Å². The minimum atomic E-state index is 0.0858. The molecule has 1 atom stereocenters. The molecule has 1 rings (SSSR count). The molecule has 0 heterocycles.